The van der Waals surface area contributed by atoms with E-state index in [4.69, 9.17) is 10.5 Å². The Morgan fingerprint density at radius 3 is 2.74 bits per heavy atom. The number of esters is 1. The van der Waals surface area contributed by atoms with Gasteiger partial charge in [0.2, 0.25) is 11.5 Å². The summed E-state index contributed by atoms with van der Waals surface area (Å²) in [5.74, 6) is -1.12. The van der Waals surface area contributed by atoms with Crippen LogP contribution in [0.5, 0.6) is 0 Å². The third kappa shape index (κ3) is 3.02. The van der Waals surface area contributed by atoms with Crippen LogP contribution in [0.25, 0.3) is 10.2 Å². The van der Waals surface area contributed by atoms with Crippen LogP contribution in [-0.2, 0) is 9.53 Å². The fourth-order valence-electron chi connectivity index (χ4n) is 2.62. The summed E-state index contributed by atoms with van der Waals surface area (Å²) < 4.78 is 5.90. The van der Waals surface area contributed by atoms with E-state index in [1.54, 1.807) is 18.5 Å². The molecule has 0 radical (unpaired) electrons. The average molecular weight is 381 g/mol. The van der Waals surface area contributed by atoms with Crippen molar-refractivity contribution in [1.82, 2.24) is 15.0 Å². The number of carbonyl (C=O) groups excluding carboxylic acids is 2. The van der Waals surface area contributed by atoms with Crippen LogP contribution < -0.4 is 10.6 Å². The van der Waals surface area contributed by atoms with Crippen molar-refractivity contribution >= 4 is 45.1 Å². The van der Waals surface area contributed by atoms with E-state index in [-0.39, 0.29) is 5.69 Å². The smallest absolute Gasteiger partial charge is 0.360 e. The number of pyridine rings is 1. The van der Waals surface area contributed by atoms with Crippen LogP contribution in [0.1, 0.15) is 17.4 Å². The van der Waals surface area contributed by atoms with Crippen LogP contribution in [0.3, 0.4) is 0 Å². The first-order chi connectivity index (χ1) is 13.0. The Labute approximate surface area is 158 Å². The molecule has 3 heterocycles. The predicted molar refractivity (Wildman–Crippen MR) is 101 cm³/mol. The van der Waals surface area contributed by atoms with Gasteiger partial charge in [-0.2, -0.15) is 0 Å². The molecule has 0 bridgehead atoms. The van der Waals surface area contributed by atoms with Crippen LogP contribution >= 0.6 is 11.3 Å². The Balaban J connectivity index is 1.76. The zero-order chi connectivity index (χ0) is 19.0. The van der Waals surface area contributed by atoms with Gasteiger partial charge in [-0.05, 0) is 42.7 Å². The van der Waals surface area contributed by atoms with E-state index in [0.29, 0.717) is 22.7 Å². The second-order valence-corrected chi connectivity index (χ2v) is 6.76. The lowest BCUT2D eigenvalue weighted by molar-refractivity contribution is -0.127. The molecular formula is C18H15N5O3S. The first kappa shape index (κ1) is 17.1. The highest BCUT2D eigenvalue weighted by atomic mass is 32.1. The fourth-order valence-corrected chi connectivity index (χ4v) is 3.43. The number of amides is 1. The van der Waals surface area contributed by atoms with Gasteiger partial charge in [0.25, 0.3) is 5.91 Å². The Hall–Kier alpha value is -3.33. The maximum Gasteiger partial charge on any atom is 0.360 e. The molecule has 0 saturated carbocycles. The summed E-state index contributed by atoms with van der Waals surface area (Å²) in [4.78, 5) is 39.2. The number of rotatable bonds is 6. The standard InChI is InChI=1S/C18H15N5O3S/c1-2-23(11-4-3-8-20-10-11)17-21-12-5-9-27-14(12)13(22-17)15(24)26-18(6-7-18)16(19)25/h3-10H,2H2,1H3,(H2,19,25). The molecule has 0 spiro atoms. The number of carbonyl (C=O) groups is 2. The number of anilines is 2. The topological polar surface area (TPSA) is 111 Å². The summed E-state index contributed by atoms with van der Waals surface area (Å²) in [6.45, 7) is 2.52. The number of primary amides is 1. The number of nitrogens with zero attached hydrogens (tertiary/aromatic N) is 4. The summed E-state index contributed by atoms with van der Waals surface area (Å²) in [5.41, 5.74) is 5.38. The van der Waals surface area contributed by atoms with Crippen LogP contribution in [0.15, 0.2) is 48.1 Å². The van der Waals surface area contributed by atoms with Gasteiger partial charge in [0, 0.05) is 12.7 Å². The molecular weight excluding hydrogens is 366 g/mol. The number of hydrogen-bond acceptors (Lipinski definition) is 8. The van der Waals surface area contributed by atoms with Crippen molar-refractivity contribution in [3.8, 4) is 0 Å². The third-order valence-electron chi connectivity index (χ3n) is 4.12. The van der Waals surface area contributed by atoms with Gasteiger partial charge in [-0.25, -0.2) is 14.8 Å². The maximum atomic E-state index is 12.7. The van der Waals surface area contributed by atoms with Crippen molar-refractivity contribution in [3.05, 3.63) is 53.8 Å². The van der Waals surface area contributed by atoms with Gasteiger partial charge < -0.3 is 15.4 Å². The Kier molecular flexibility index (Phi) is 4.08. The molecule has 4 rings (SSSR count). The number of hydrogen-bond donors (Lipinski definition) is 1. The zero-order valence-electron chi connectivity index (χ0n) is 14.3. The second-order valence-electron chi connectivity index (χ2n) is 5.84. The highest BCUT2D eigenvalue weighted by Crippen LogP contribution is 2.32. The van der Waals surface area contributed by atoms with Gasteiger partial charge in [-0.15, -0.1) is 11.3 Å². The largest absolute Gasteiger partial charge is 0.435 e. The summed E-state index contributed by atoms with van der Waals surface area (Å²) in [5, 5.41) is 1.82. The summed E-state index contributed by atoms with van der Waals surface area (Å²) in [6, 6.07) is 5.50. The third-order valence-corrected chi connectivity index (χ3v) is 5.03. The van der Waals surface area contributed by atoms with Crippen molar-refractivity contribution in [2.24, 2.45) is 5.73 Å². The highest BCUT2D eigenvalue weighted by Gasteiger charge is 2.45. The molecule has 0 aliphatic heterocycles. The van der Waals surface area contributed by atoms with E-state index in [1.165, 1.54) is 23.5 Å². The average Bonchev–Trinajstić information content (AvgIpc) is 3.30. The lowest BCUT2D eigenvalue weighted by Gasteiger charge is -2.21. The molecule has 0 fully saturated rings. The minimum atomic E-state index is -1.44. The lowest BCUT2D eigenvalue weighted by Crippen LogP contribution is -2.37. The minimum Gasteiger partial charge on any atom is -0.435 e. The van der Waals surface area contributed by atoms with Crippen molar-refractivity contribution in [2.75, 3.05) is 11.4 Å². The van der Waals surface area contributed by atoms with Crippen LogP contribution in [0.2, 0.25) is 0 Å². The van der Waals surface area contributed by atoms with Crippen molar-refractivity contribution < 1.29 is 14.3 Å². The first-order valence-electron chi connectivity index (χ1n) is 8.20. The molecule has 27 heavy (non-hydrogen) atoms. The van der Waals surface area contributed by atoms with E-state index in [0.717, 1.165) is 5.69 Å². The van der Waals surface area contributed by atoms with E-state index in [9.17, 15) is 9.59 Å². The quantitative estimate of drug-likeness (QED) is 0.514. The van der Waals surface area contributed by atoms with Crippen LogP contribution in [0.4, 0.5) is 11.6 Å². The summed E-state index contributed by atoms with van der Waals surface area (Å²) in [7, 11) is 0. The minimum absolute atomic E-state index is 0.0988. The van der Waals surface area contributed by atoms with E-state index in [1.807, 2.05) is 29.3 Å². The fraction of sp³-hybridized carbons (Fsp3) is 0.167. The molecule has 0 atom stereocenters. The van der Waals surface area contributed by atoms with Gasteiger partial charge in [-0.1, -0.05) is 0 Å². The number of aromatic nitrogens is 3. The lowest BCUT2D eigenvalue weighted by atomic mass is 10.2. The molecule has 0 unspecified atom stereocenters. The Morgan fingerprint density at radius 1 is 1.30 bits per heavy atom. The molecule has 2 N–H and O–H groups in total. The number of fused-ring (bicyclic) bond motifs is 1. The van der Waals surface area contributed by atoms with Gasteiger partial charge in [-0.3, -0.25) is 9.78 Å². The molecule has 1 amide bonds. The van der Waals surface area contributed by atoms with Gasteiger partial charge >= 0.3 is 5.97 Å². The van der Waals surface area contributed by atoms with E-state index >= 15 is 0 Å². The SMILES string of the molecule is CCN(c1cccnc1)c1nc(C(=O)OC2(C(N)=O)C=C2)c2sccc2n1. The normalized spacial score (nSPS) is 14.1. The Morgan fingerprint density at radius 2 is 2.11 bits per heavy atom. The molecule has 3 aromatic heterocycles. The van der Waals surface area contributed by atoms with Crippen LogP contribution in [-0.4, -0.2) is 39.0 Å². The summed E-state index contributed by atoms with van der Waals surface area (Å²) in [6.07, 6.45) is 6.25. The van der Waals surface area contributed by atoms with Gasteiger partial charge in [0.15, 0.2) is 5.69 Å². The highest BCUT2D eigenvalue weighted by molar-refractivity contribution is 7.17. The van der Waals surface area contributed by atoms with E-state index in [2.05, 4.69) is 15.0 Å². The van der Waals surface area contributed by atoms with Crippen LogP contribution in [0, 0.1) is 0 Å². The van der Waals surface area contributed by atoms with Crippen molar-refractivity contribution in [3.63, 3.8) is 0 Å². The molecule has 1 aliphatic carbocycles. The monoisotopic (exact) mass is 381 g/mol. The molecule has 0 saturated heterocycles. The predicted octanol–water partition coefficient (Wildman–Crippen LogP) is 2.20. The maximum absolute atomic E-state index is 12.7. The second kappa shape index (κ2) is 6.44. The molecule has 136 valence electrons. The number of nitrogens with two attached hydrogens (primary N) is 1. The van der Waals surface area contributed by atoms with E-state index < -0.39 is 17.5 Å². The van der Waals surface area contributed by atoms with Crippen molar-refractivity contribution in [2.45, 2.75) is 12.5 Å². The first-order valence-corrected chi connectivity index (χ1v) is 9.08. The van der Waals surface area contributed by atoms with Crippen molar-refractivity contribution in [1.29, 1.82) is 0 Å². The molecule has 1 aliphatic rings. The molecule has 3 aromatic rings. The molecule has 9 heteroatoms. The number of thiophene rings is 1. The molecule has 8 nitrogen and oxygen atoms in total. The van der Waals surface area contributed by atoms with Gasteiger partial charge in [0.05, 0.1) is 22.1 Å². The summed E-state index contributed by atoms with van der Waals surface area (Å²) >= 11 is 1.33. The zero-order valence-corrected chi connectivity index (χ0v) is 15.1. The Bertz CT molecular complexity index is 1060. The number of ether oxygens (including phenoxy) is 1. The van der Waals surface area contributed by atoms with Gasteiger partial charge in [0.1, 0.15) is 0 Å². The molecule has 0 aromatic carbocycles.